The van der Waals surface area contributed by atoms with Crippen LogP contribution in [0.4, 0.5) is 0 Å². The molecule has 0 aliphatic carbocycles. The summed E-state index contributed by atoms with van der Waals surface area (Å²) < 4.78 is 7.80. The Labute approximate surface area is 172 Å². The van der Waals surface area contributed by atoms with E-state index in [0.717, 1.165) is 39.5 Å². The highest BCUT2D eigenvalue weighted by Gasteiger charge is 2.18. The van der Waals surface area contributed by atoms with Crippen LogP contribution in [0, 0.1) is 34.6 Å². The molecule has 0 saturated heterocycles. The molecule has 2 aromatic carbocycles. The van der Waals surface area contributed by atoms with Crippen LogP contribution in [0.5, 0.6) is 5.75 Å². The summed E-state index contributed by atoms with van der Waals surface area (Å²) in [6, 6.07) is 14.2. The Morgan fingerprint density at radius 2 is 1.66 bits per heavy atom. The monoisotopic (exact) mass is 391 g/mol. The summed E-state index contributed by atoms with van der Waals surface area (Å²) >= 11 is 0. The number of likely N-dealkylation sites (N-methyl/N-ethyl adjacent to an activating group) is 1. The smallest absolute Gasteiger partial charge is 0.260 e. The van der Waals surface area contributed by atoms with Crippen molar-refractivity contribution in [1.29, 1.82) is 0 Å². The van der Waals surface area contributed by atoms with Crippen LogP contribution in [-0.4, -0.2) is 34.2 Å². The summed E-state index contributed by atoms with van der Waals surface area (Å²) in [7, 11) is 1.80. The molecule has 0 aliphatic heterocycles. The fraction of sp³-hybridized carbons (Fsp3) is 0.333. The van der Waals surface area contributed by atoms with Gasteiger partial charge in [-0.1, -0.05) is 35.9 Å². The van der Waals surface area contributed by atoms with Crippen molar-refractivity contribution in [2.24, 2.45) is 0 Å². The number of nitrogens with zero attached hydrogens (tertiary/aromatic N) is 3. The number of carbonyl (C=O) groups is 1. The first-order chi connectivity index (χ1) is 13.8. The average Bonchev–Trinajstić information content (AvgIpc) is 2.95. The number of aromatic nitrogens is 2. The quantitative estimate of drug-likeness (QED) is 0.624. The number of rotatable bonds is 6. The molecule has 0 N–H and O–H groups in total. The van der Waals surface area contributed by atoms with Crippen molar-refractivity contribution < 1.29 is 9.53 Å². The zero-order valence-corrected chi connectivity index (χ0v) is 18.1. The Balaban J connectivity index is 1.70. The standard InChI is InChI=1S/C24H29N3O2/c1-16-12-17(2)24(18(3)13-16)29-15-23(28)26(6)14-22-19(4)25-27(20(22)5)21-10-8-7-9-11-21/h7-13H,14-15H2,1-6H3. The third-order valence-electron chi connectivity index (χ3n) is 5.21. The Hall–Kier alpha value is -3.08. The van der Waals surface area contributed by atoms with Crippen LogP contribution in [0.1, 0.15) is 33.6 Å². The molecular weight excluding hydrogens is 362 g/mol. The van der Waals surface area contributed by atoms with E-state index in [-0.39, 0.29) is 12.5 Å². The molecule has 5 heteroatoms. The number of para-hydroxylation sites is 1. The number of amides is 1. The molecule has 0 bridgehead atoms. The number of aryl methyl sites for hydroxylation is 4. The van der Waals surface area contributed by atoms with E-state index in [4.69, 9.17) is 4.74 Å². The first-order valence-corrected chi connectivity index (χ1v) is 9.83. The fourth-order valence-corrected chi connectivity index (χ4v) is 3.69. The number of hydrogen-bond acceptors (Lipinski definition) is 3. The highest BCUT2D eigenvalue weighted by atomic mass is 16.5. The van der Waals surface area contributed by atoms with Crippen molar-refractivity contribution in [3.63, 3.8) is 0 Å². The van der Waals surface area contributed by atoms with Gasteiger partial charge in [0.25, 0.3) is 5.91 Å². The minimum absolute atomic E-state index is 0.0200. The molecule has 0 saturated carbocycles. The van der Waals surface area contributed by atoms with E-state index in [1.165, 1.54) is 5.56 Å². The van der Waals surface area contributed by atoms with Gasteiger partial charge in [0.2, 0.25) is 0 Å². The third-order valence-corrected chi connectivity index (χ3v) is 5.21. The van der Waals surface area contributed by atoms with Crippen LogP contribution < -0.4 is 4.74 Å². The SMILES string of the molecule is Cc1cc(C)c(OCC(=O)N(C)Cc2c(C)nn(-c3ccccc3)c2C)c(C)c1. The first-order valence-electron chi connectivity index (χ1n) is 9.83. The fourth-order valence-electron chi connectivity index (χ4n) is 3.69. The Kier molecular flexibility index (Phi) is 6.06. The summed E-state index contributed by atoms with van der Waals surface area (Å²) in [5, 5.41) is 4.67. The van der Waals surface area contributed by atoms with Crippen LogP contribution in [0.25, 0.3) is 5.69 Å². The van der Waals surface area contributed by atoms with Gasteiger partial charge in [-0.3, -0.25) is 4.79 Å². The molecule has 0 unspecified atom stereocenters. The summed E-state index contributed by atoms with van der Waals surface area (Å²) in [6.45, 7) is 10.6. The molecule has 152 valence electrons. The molecule has 0 fully saturated rings. The van der Waals surface area contributed by atoms with Gasteiger partial charge >= 0.3 is 0 Å². The Morgan fingerprint density at radius 3 is 2.28 bits per heavy atom. The normalized spacial score (nSPS) is 10.8. The lowest BCUT2D eigenvalue weighted by Gasteiger charge is -2.19. The van der Waals surface area contributed by atoms with Crippen LogP contribution in [0.3, 0.4) is 0 Å². The van der Waals surface area contributed by atoms with E-state index < -0.39 is 0 Å². The Bertz CT molecular complexity index is 999. The molecule has 3 rings (SSSR count). The van der Waals surface area contributed by atoms with Crippen LogP contribution in [0.15, 0.2) is 42.5 Å². The zero-order chi connectivity index (χ0) is 21.1. The molecule has 29 heavy (non-hydrogen) atoms. The minimum atomic E-state index is -0.0596. The van der Waals surface area contributed by atoms with E-state index in [0.29, 0.717) is 6.54 Å². The van der Waals surface area contributed by atoms with Crippen molar-refractivity contribution in [2.75, 3.05) is 13.7 Å². The van der Waals surface area contributed by atoms with E-state index in [1.807, 2.05) is 62.7 Å². The number of hydrogen-bond donors (Lipinski definition) is 0. The van der Waals surface area contributed by atoms with Gasteiger partial charge in [0.15, 0.2) is 6.61 Å². The van der Waals surface area contributed by atoms with Gasteiger partial charge in [0.1, 0.15) is 5.75 Å². The number of benzene rings is 2. The second-order valence-corrected chi connectivity index (χ2v) is 7.66. The van der Waals surface area contributed by atoms with Gasteiger partial charge in [0, 0.05) is 24.8 Å². The van der Waals surface area contributed by atoms with Crippen LogP contribution in [-0.2, 0) is 11.3 Å². The lowest BCUT2D eigenvalue weighted by Crippen LogP contribution is -2.31. The van der Waals surface area contributed by atoms with Gasteiger partial charge in [-0.05, 0) is 57.9 Å². The maximum absolute atomic E-state index is 12.7. The van der Waals surface area contributed by atoms with Crippen molar-refractivity contribution in [3.05, 3.63) is 76.1 Å². The second-order valence-electron chi connectivity index (χ2n) is 7.66. The molecule has 0 atom stereocenters. The molecule has 1 amide bonds. The lowest BCUT2D eigenvalue weighted by molar-refractivity contribution is -0.132. The molecule has 3 aromatic rings. The van der Waals surface area contributed by atoms with Gasteiger partial charge < -0.3 is 9.64 Å². The molecule has 0 spiro atoms. The minimum Gasteiger partial charge on any atom is -0.483 e. The first kappa shape index (κ1) is 20.6. The summed E-state index contributed by atoms with van der Waals surface area (Å²) in [5.74, 6) is 0.734. The topological polar surface area (TPSA) is 47.4 Å². The highest BCUT2D eigenvalue weighted by molar-refractivity contribution is 5.77. The maximum atomic E-state index is 12.7. The van der Waals surface area contributed by atoms with Gasteiger partial charge in [-0.25, -0.2) is 4.68 Å². The summed E-state index contributed by atoms with van der Waals surface area (Å²) in [5.41, 5.74) is 7.34. The highest BCUT2D eigenvalue weighted by Crippen LogP contribution is 2.25. The van der Waals surface area contributed by atoms with Gasteiger partial charge in [0.05, 0.1) is 11.4 Å². The molecule has 5 nitrogen and oxygen atoms in total. The predicted octanol–water partition coefficient (Wildman–Crippen LogP) is 4.45. The molecule has 0 aliphatic rings. The average molecular weight is 392 g/mol. The van der Waals surface area contributed by atoms with Crippen LogP contribution in [0.2, 0.25) is 0 Å². The van der Waals surface area contributed by atoms with E-state index in [1.54, 1.807) is 11.9 Å². The van der Waals surface area contributed by atoms with E-state index in [2.05, 4.69) is 24.2 Å². The summed E-state index contributed by atoms with van der Waals surface area (Å²) in [6.07, 6.45) is 0. The summed E-state index contributed by atoms with van der Waals surface area (Å²) in [4.78, 5) is 14.4. The van der Waals surface area contributed by atoms with Gasteiger partial charge in [-0.15, -0.1) is 0 Å². The van der Waals surface area contributed by atoms with Crippen LogP contribution >= 0.6 is 0 Å². The predicted molar refractivity (Wildman–Crippen MR) is 116 cm³/mol. The second kappa shape index (κ2) is 8.52. The Morgan fingerprint density at radius 1 is 1.03 bits per heavy atom. The molecular formula is C24H29N3O2. The van der Waals surface area contributed by atoms with Gasteiger partial charge in [-0.2, -0.15) is 5.10 Å². The van der Waals surface area contributed by atoms with Crippen molar-refractivity contribution in [3.8, 4) is 11.4 Å². The lowest BCUT2D eigenvalue weighted by atomic mass is 10.1. The van der Waals surface area contributed by atoms with Crippen molar-refractivity contribution in [2.45, 2.75) is 41.2 Å². The molecule has 1 heterocycles. The maximum Gasteiger partial charge on any atom is 0.260 e. The number of ether oxygens (including phenoxy) is 1. The van der Waals surface area contributed by atoms with Crippen molar-refractivity contribution in [1.82, 2.24) is 14.7 Å². The molecule has 0 radical (unpaired) electrons. The van der Waals surface area contributed by atoms with Crippen molar-refractivity contribution >= 4 is 5.91 Å². The molecule has 1 aromatic heterocycles. The zero-order valence-electron chi connectivity index (χ0n) is 18.1. The van der Waals surface area contributed by atoms with E-state index in [9.17, 15) is 4.79 Å². The third kappa shape index (κ3) is 4.50. The number of carbonyl (C=O) groups excluding carboxylic acids is 1. The van der Waals surface area contributed by atoms with E-state index >= 15 is 0 Å². The largest absolute Gasteiger partial charge is 0.483 e.